The number of fused-ring (bicyclic) bond motifs is 1. The molecule has 0 saturated heterocycles. The second kappa shape index (κ2) is 5.94. The van der Waals surface area contributed by atoms with Crippen LogP contribution in [-0.4, -0.2) is 18.1 Å². The summed E-state index contributed by atoms with van der Waals surface area (Å²) < 4.78 is 0. The van der Waals surface area contributed by atoms with Crippen molar-refractivity contribution in [1.29, 1.82) is 0 Å². The van der Waals surface area contributed by atoms with Crippen LogP contribution in [0.15, 0.2) is 24.3 Å². The van der Waals surface area contributed by atoms with Gasteiger partial charge in [0.2, 0.25) is 0 Å². The van der Waals surface area contributed by atoms with Gasteiger partial charge in [-0.1, -0.05) is 36.5 Å². The summed E-state index contributed by atoms with van der Waals surface area (Å²) in [6.07, 6.45) is 2.29. The van der Waals surface area contributed by atoms with Crippen LogP contribution in [0.25, 0.3) is 0 Å². The van der Waals surface area contributed by atoms with Crippen LogP contribution < -0.4 is 10.2 Å². The lowest BCUT2D eigenvalue weighted by Gasteiger charge is -2.15. The quantitative estimate of drug-likeness (QED) is 0.851. The summed E-state index contributed by atoms with van der Waals surface area (Å²) in [5, 5.41) is 4.61. The largest absolute Gasteiger partial charge is 0.317 e. The van der Waals surface area contributed by atoms with Crippen LogP contribution in [0.4, 0.5) is 10.8 Å². The lowest BCUT2D eigenvalue weighted by atomic mass is 10.2. The number of rotatable bonds is 5. The Kier molecular flexibility index (Phi) is 4.03. The molecule has 2 heterocycles. The van der Waals surface area contributed by atoms with Gasteiger partial charge in [0.05, 0.1) is 5.69 Å². The van der Waals surface area contributed by atoms with Gasteiger partial charge in [-0.05, 0) is 37.9 Å². The first-order chi connectivity index (χ1) is 9.79. The summed E-state index contributed by atoms with van der Waals surface area (Å²) in [5.74, 6) is 0. The van der Waals surface area contributed by atoms with Gasteiger partial charge < -0.3 is 10.2 Å². The molecule has 3 nitrogen and oxygen atoms in total. The van der Waals surface area contributed by atoms with Crippen molar-refractivity contribution in [2.75, 3.05) is 18.0 Å². The molecule has 0 bridgehead atoms. The Bertz CT molecular complexity index is 591. The highest BCUT2D eigenvalue weighted by molar-refractivity contribution is 7.15. The van der Waals surface area contributed by atoms with Crippen molar-refractivity contribution in [2.24, 2.45) is 0 Å². The number of para-hydroxylation sites is 1. The number of anilines is 2. The molecule has 0 fully saturated rings. The monoisotopic (exact) mass is 287 g/mol. The van der Waals surface area contributed by atoms with E-state index in [0.29, 0.717) is 0 Å². The van der Waals surface area contributed by atoms with Crippen LogP contribution in [-0.2, 0) is 13.0 Å². The molecule has 0 unspecified atom stereocenters. The summed E-state index contributed by atoms with van der Waals surface area (Å²) in [7, 11) is 0. The van der Waals surface area contributed by atoms with E-state index in [4.69, 9.17) is 4.98 Å². The zero-order valence-electron chi connectivity index (χ0n) is 12.1. The van der Waals surface area contributed by atoms with Crippen LogP contribution in [0.5, 0.6) is 0 Å². The van der Waals surface area contributed by atoms with E-state index in [2.05, 4.69) is 48.3 Å². The number of aryl methyl sites for hydroxylation is 1. The highest BCUT2D eigenvalue weighted by atomic mass is 32.1. The third-order valence-electron chi connectivity index (χ3n) is 3.71. The zero-order valence-corrected chi connectivity index (χ0v) is 13.0. The fourth-order valence-corrected chi connectivity index (χ4v) is 3.68. The fraction of sp³-hybridized carbons (Fsp3) is 0.438. The molecule has 20 heavy (non-hydrogen) atoms. The molecule has 1 aliphatic heterocycles. The molecule has 0 amide bonds. The molecule has 0 atom stereocenters. The Morgan fingerprint density at radius 3 is 3.05 bits per heavy atom. The van der Waals surface area contributed by atoms with Gasteiger partial charge >= 0.3 is 0 Å². The maximum atomic E-state index is 4.77. The fourth-order valence-electron chi connectivity index (χ4n) is 2.61. The Hall–Kier alpha value is -1.39. The smallest absolute Gasteiger partial charge is 0.190 e. The highest BCUT2D eigenvalue weighted by Crippen LogP contribution is 2.37. The van der Waals surface area contributed by atoms with Gasteiger partial charge in [0.25, 0.3) is 0 Å². The number of nitrogens with zero attached hydrogens (tertiary/aromatic N) is 2. The number of hydrogen-bond acceptors (Lipinski definition) is 4. The Labute approximate surface area is 124 Å². The lowest BCUT2D eigenvalue weighted by molar-refractivity contribution is 0.678. The van der Waals surface area contributed by atoms with Crippen molar-refractivity contribution in [2.45, 2.75) is 33.2 Å². The molecule has 4 heteroatoms. The average Bonchev–Trinajstić information content (AvgIpc) is 3.03. The van der Waals surface area contributed by atoms with E-state index in [-0.39, 0.29) is 0 Å². The topological polar surface area (TPSA) is 28.2 Å². The number of benzene rings is 1. The van der Waals surface area contributed by atoms with Gasteiger partial charge in [-0.2, -0.15) is 0 Å². The third-order valence-corrected chi connectivity index (χ3v) is 4.89. The predicted molar refractivity (Wildman–Crippen MR) is 86.0 cm³/mol. The maximum Gasteiger partial charge on any atom is 0.190 e. The van der Waals surface area contributed by atoms with E-state index in [1.165, 1.54) is 22.5 Å². The summed E-state index contributed by atoms with van der Waals surface area (Å²) >= 11 is 1.82. The van der Waals surface area contributed by atoms with Crippen LogP contribution in [0.3, 0.4) is 0 Å². The molecule has 106 valence electrons. The van der Waals surface area contributed by atoms with Gasteiger partial charge in [0.15, 0.2) is 5.13 Å². The molecular weight excluding hydrogens is 266 g/mol. The molecule has 1 N–H and O–H groups in total. The summed E-state index contributed by atoms with van der Waals surface area (Å²) in [4.78, 5) is 8.49. The first-order valence-electron chi connectivity index (χ1n) is 7.32. The van der Waals surface area contributed by atoms with E-state index in [1.54, 1.807) is 0 Å². The number of nitrogens with one attached hydrogen (secondary N) is 1. The third kappa shape index (κ3) is 2.58. The maximum absolute atomic E-state index is 4.77. The molecule has 1 aliphatic rings. The SMILES string of the molecule is CCCNCc1sc(N2CCc3ccccc32)nc1C. The highest BCUT2D eigenvalue weighted by Gasteiger charge is 2.23. The van der Waals surface area contributed by atoms with Gasteiger partial charge in [0.1, 0.15) is 0 Å². The molecule has 3 rings (SSSR count). The molecule has 0 spiro atoms. The molecule has 0 saturated carbocycles. The minimum atomic E-state index is 0.937. The number of aromatic nitrogens is 1. The van der Waals surface area contributed by atoms with Gasteiger partial charge in [-0.25, -0.2) is 4.98 Å². The van der Waals surface area contributed by atoms with E-state index in [9.17, 15) is 0 Å². The molecule has 0 aliphatic carbocycles. The summed E-state index contributed by atoms with van der Waals surface area (Å²) in [6.45, 7) is 7.37. The molecule has 0 radical (unpaired) electrons. The minimum Gasteiger partial charge on any atom is -0.317 e. The van der Waals surface area contributed by atoms with Crippen molar-refractivity contribution in [3.63, 3.8) is 0 Å². The normalized spacial score (nSPS) is 13.8. The van der Waals surface area contributed by atoms with Crippen molar-refractivity contribution in [3.05, 3.63) is 40.4 Å². The Balaban J connectivity index is 1.80. The minimum absolute atomic E-state index is 0.937. The lowest BCUT2D eigenvalue weighted by Crippen LogP contribution is -2.13. The average molecular weight is 287 g/mol. The Morgan fingerprint density at radius 1 is 1.35 bits per heavy atom. The summed E-state index contributed by atoms with van der Waals surface area (Å²) in [5.41, 5.74) is 3.93. The standard InChI is InChI=1S/C16H21N3S/c1-3-9-17-11-15-12(2)18-16(20-15)19-10-8-13-6-4-5-7-14(13)19/h4-7,17H,3,8-11H2,1-2H3. The second-order valence-electron chi connectivity index (χ2n) is 5.21. The molecule has 1 aromatic carbocycles. The molecule has 1 aromatic heterocycles. The first kappa shape index (κ1) is 13.6. The number of hydrogen-bond donors (Lipinski definition) is 1. The van der Waals surface area contributed by atoms with Crippen molar-refractivity contribution < 1.29 is 0 Å². The summed E-state index contributed by atoms with van der Waals surface area (Å²) in [6, 6.07) is 8.66. The number of thiazole rings is 1. The van der Waals surface area contributed by atoms with Crippen molar-refractivity contribution in [3.8, 4) is 0 Å². The second-order valence-corrected chi connectivity index (χ2v) is 6.27. The van der Waals surface area contributed by atoms with E-state index < -0.39 is 0 Å². The molecule has 2 aromatic rings. The van der Waals surface area contributed by atoms with Gasteiger partial charge in [-0.3, -0.25) is 0 Å². The van der Waals surface area contributed by atoms with Crippen LogP contribution in [0.1, 0.15) is 29.5 Å². The predicted octanol–water partition coefficient (Wildman–Crippen LogP) is 3.65. The van der Waals surface area contributed by atoms with Crippen LogP contribution >= 0.6 is 11.3 Å². The van der Waals surface area contributed by atoms with E-state index >= 15 is 0 Å². The van der Waals surface area contributed by atoms with Crippen LogP contribution in [0.2, 0.25) is 0 Å². The molecular formula is C16H21N3S. The van der Waals surface area contributed by atoms with E-state index in [1.807, 2.05) is 11.3 Å². The Morgan fingerprint density at radius 2 is 2.20 bits per heavy atom. The van der Waals surface area contributed by atoms with E-state index in [0.717, 1.165) is 36.9 Å². The van der Waals surface area contributed by atoms with Crippen molar-refractivity contribution >= 4 is 22.2 Å². The van der Waals surface area contributed by atoms with Crippen molar-refractivity contribution in [1.82, 2.24) is 10.3 Å². The zero-order chi connectivity index (χ0) is 13.9. The first-order valence-corrected chi connectivity index (χ1v) is 8.13. The van der Waals surface area contributed by atoms with Gasteiger partial charge in [0, 0.05) is 23.7 Å². The van der Waals surface area contributed by atoms with Gasteiger partial charge in [-0.15, -0.1) is 0 Å². The van der Waals surface area contributed by atoms with Crippen LogP contribution in [0, 0.1) is 6.92 Å².